The first-order valence-electron chi connectivity index (χ1n) is 6.78. The zero-order valence-corrected chi connectivity index (χ0v) is 12.0. The number of aromatic amines is 1. The minimum atomic E-state index is -0.0748. The highest BCUT2D eigenvalue weighted by Gasteiger charge is 2.26. The van der Waals surface area contributed by atoms with Crippen LogP contribution in [0.3, 0.4) is 0 Å². The summed E-state index contributed by atoms with van der Waals surface area (Å²) in [4.78, 5) is 6.68. The SMILES string of the molecule is Cc1nc([C@@H]2CN(Cc3c(C)noc3C)CCO2)n[nH]1. The maximum atomic E-state index is 5.76. The van der Waals surface area contributed by atoms with Gasteiger partial charge in [0.15, 0.2) is 5.82 Å². The predicted octanol–water partition coefficient (Wildman–Crippen LogP) is 1.29. The fourth-order valence-electron chi connectivity index (χ4n) is 2.46. The van der Waals surface area contributed by atoms with Crippen molar-refractivity contribution < 1.29 is 9.26 Å². The van der Waals surface area contributed by atoms with Gasteiger partial charge in [-0.1, -0.05) is 5.16 Å². The Labute approximate surface area is 117 Å². The Morgan fingerprint density at radius 2 is 2.20 bits per heavy atom. The molecule has 1 aliphatic heterocycles. The molecule has 0 aliphatic carbocycles. The second-order valence-electron chi connectivity index (χ2n) is 5.18. The molecule has 2 aromatic rings. The zero-order chi connectivity index (χ0) is 14.1. The minimum Gasteiger partial charge on any atom is -0.367 e. The first kappa shape index (κ1) is 13.3. The first-order chi connectivity index (χ1) is 9.63. The number of ether oxygens (including phenoxy) is 1. The molecule has 3 rings (SSSR count). The molecule has 0 spiro atoms. The fraction of sp³-hybridized carbons (Fsp3) is 0.615. The van der Waals surface area contributed by atoms with Crippen molar-refractivity contribution in [1.82, 2.24) is 25.2 Å². The Bertz CT molecular complexity index is 572. The molecule has 20 heavy (non-hydrogen) atoms. The lowest BCUT2D eigenvalue weighted by Gasteiger charge is -2.31. The molecule has 0 amide bonds. The Balaban J connectivity index is 1.69. The van der Waals surface area contributed by atoms with E-state index >= 15 is 0 Å². The lowest BCUT2D eigenvalue weighted by atomic mass is 10.1. The third-order valence-corrected chi connectivity index (χ3v) is 3.62. The smallest absolute Gasteiger partial charge is 0.180 e. The van der Waals surface area contributed by atoms with Crippen LogP contribution < -0.4 is 0 Å². The topological polar surface area (TPSA) is 80.1 Å². The number of hydrogen-bond acceptors (Lipinski definition) is 6. The quantitative estimate of drug-likeness (QED) is 0.910. The summed E-state index contributed by atoms with van der Waals surface area (Å²) >= 11 is 0. The van der Waals surface area contributed by atoms with Gasteiger partial charge in [0.2, 0.25) is 0 Å². The summed E-state index contributed by atoms with van der Waals surface area (Å²) < 4.78 is 11.0. The average molecular weight is 277 g/mol. The number of nitrogens with zero attached hydrogens (tertiary/aromatic N) is 4. The van der Waals surface area contributed by atoms with Crippen LogP contribution in [0.5, 0.6) is 0 Å². The van der Waals surface area contributed by atoms with E-state index in [1.165, 1.54) is 0 Å². The van der Waals surface area contributed by atoms with Crippen molar-refractivity contribution in [2.75, 3.05) is 19.7 Å². The lowest BCUT2D eigenvalue weighted by molar-refractivity contribution is -0.0372. The van der Waals surface area contributed by atoms with Crippen LogP contribution >= 0.6 is 0 Å². The number of rotatable bonds is 3. The maximum Gasteiger partial charge on any atom is 0.180 e. The van der Waals surface area contributed by atoms with Crippen molar-refractivity contribution in [1.29, 1.82) is 0 Å². The number of aryl methyl sites for hydroxylation is 3. The van der Waals surface area contributed by atoms with E-state index < -0.39 is 0 Å². The normalized spacial score (nSPS) is 20.4. The first-order valence-corrected chi connectivity index (χ1v) is 6.78. The van der Waals surface area contributed by atoms with Crippen LogP contribution in [-0.2, 0) is 11.3 Å². The summed E-state index contributed by atoms with van der Waals surface area (Å²) in [7, 11) is 0. The van der Waals surface area contributed by atoms with Crippen LogP contribution in [0, 0.1) is 20.8 Å². The van der Waals surface area contributed by atoms with E-state index in [0.717, 1.165) is 48.3 Å². The molecule has 3 heterocycles. The van der Waals surface area contributed by atoms with Gasteiger partial charge in [0.1, 0.15) is 17.7 Å². The predicted molar refractivity (Wildman–Crippen MR) is 71.1 cm³/mol. The summed E-state index contributed by atoms with van der Waals surface area (Å²) in [6.45, 7) is 8.99. The largest absolute Gasteiger partial charge is 0.367 e. The minimum absolute atomic E-state index is 0.0748. The fourth-order valence-corrected chi connectivity index (χ4v) is 2.46. The Morgan fingerprint density at radius 3 is 2.85 bits per heavy atom. The van der Waals surface area contributed by atoms with Gasteiger partial charge in [-0.3, -0.25) is 10.00 Å². The number of nitrogens with one attached hydrogen (secondary N) is 1. The number of morpholine rings is 1. The average Bonchev–Trinajstić information content (AvgIpc) is 3.00. The second-order valence-corrected chi connectivity index (χ2v) is 5.18. The molecule has 0 saturated carbocycles. The van der Waals surface area contributed by atoms with Gasteiger partial charge in [0.05, 0.1) is 12.3 Å². The zero-order valence-electron chi connectivity index (χ0n) is 12.0. The molecule has 0 bridgehead atoms. The molecular formula is C13H19N5O2. The number of H-pyrrole nitrogens is 1. The maximum absolute atomic E-state index is 5.76. The van der Waals surface area contributed by atoms with Crippen molar-refractivity contribution in [2.45, 2.75) is 33.4 Å². The molecule has 0 radical (unpaired) electrons. The Kier molecular flexibility index (Phi) is 3.54. The molecule has 1 fully saturated rings. The van der Waals surface area contributed by atoms with Crippen molar-refractivity contribution in [3.05, 3.63) is 28.7 Å². The molecule has 1 atom stereocenters. The van der Waals surface area contributed by atoms with Crippen LogP contribution in [-0.4, -0.2) is 44.9 Å². The van der Waals surface area contributed by atoms with Gasteiger partial charge < -0.3 is 9.26 Å². The van der Waals surface area contributed by atoms with Gasteiger partial charge in [-0.25, -0.2) is 4.98 Å². The van der Waals surface area contributed by atoms with Crippen molar-refractivity contribution in [3.8, 4) is 0 Å². The summed E-state index contributed by atoms with van der Waals surface area (Å²) in [5.74, 6) is 2.43. The van der Waals surface area contributed by atoms with Crippen LogP contribution in [0.4, 0.5) is 0 Å². The van der Waals surface area contributed by atoms with E-state index in [9.17, 15) is 0 Å². The van der Waals surface area contributed by atoms with Gasteiger partial charge in [-0.15, -0.1) is 0 Å². The van der Waals surface area contributed by atoms with Gasteiger partial charge in [0.25, 0.3) is 0 Å². The molecular weight excluding hydrogens is 258 g/mol. The van der Waals surface area contributed by atoms with Gasteiger partial charge in [0, 0.05) is 25.2 Å². The molecule has 1 aliphatic rings. The van der Waals surface area contributed by atoms with Crippen molar-refractivity contribution in [3.63, 3.8) is 0 Å². The highest BCUT2D eigenvalue weighted by molar-refractivity contribution is 5.20. The summed E-state index contributed by atoms with van der Waals surface area (Å²) in [6, 6.07) is 0. The third-order valence-electron chi connectivity index (χ3n) is 3.62. The van der Waals surface area contributed by atoms with E-state index in [1.54, 1.807) is 0 Å². The van der Waals surface area contributed by atoms with E-state index in [0.29, 0.717) is 6.61 Å². The summed E-state index contributed by atoms with van der Waals surface area (Å²) in [5.41, 5.74) is 2.12. The molecule has 7 nitrogen and oxygen atoms in total. The van der Waals surface area contributed by atoms with Gasteiger partial charge in [-0.2, -0.15) is 5.10 Å². The van der Waals surface area contributed by atoms with Crippen LogP contribution in [0.1, 0.15) is 34.8 Å². The molecule has 108 valence electrons. The van der Waals surface area contributed by atoms with Crippen molar-refractivity contribution >= 4 is 0 Å². The molecule has 0 unspecified atom stereocenters. The molecule has 1 N–H and O–H groups in total. The second kappa shape index (κ2) is 5.34. The third kappa shape index (κ3) is 2.59. The molecule has 0 aromatic carbocycles. The summed E-state index contributed by atoms with van der Waals surface area (Å²) in [5, 5.41) is 11.0. The van der Waals surface area contributed by atoms with E-state index in [4.69, 9.17) is 9.26 Å². The van der Waals surface area contributed by atoms with Crippen LogP contribution in [0.25, 0.3) is 0 Å². The van der Waals surface area contributed by atoms with E-state index in [-0.39, 0.29) is 6.10 Å². The number of aromatic nitrogens is 4. The Hall–Kier alpha value is -1.73. The van der Waals surface area contributed by atoms with Gasteiger partial charge in [-0.05, 0) is 20.8 Å². The standard InChI is InChI=1S/C13H19N5O2/c1-8-11(9(2)20-17-8)6-18-4-5-19-12(7-18)13-14-10(3)15-16-13/h12H,4-7H2,1-3H3,(H,14,15,16)/t12-/m0/s1. The number of hydrogen-bond donors (Lipinski definition) is 1. The monoisotopic (exact) mass is 277 g/mol. The molecule has 2 aromatic heterocycles. The van der Waals surface area contributed by atoms with Crippen LogP contribution in [0.2, 0.25) is 0 Å². The van der Waals surface area contributed by atoms with Gasteiger partial charge >= 0.3 is 0 Å². The molecule has 7 heteroatoms. The Morgan fingerprint density at radius 1 is 1.35 bits per heavy atom. The summed E-state index contributed by atoms with van der Waals surface area (Å²) in [6.07, 6.45) is -0.0748. The lowest BCUT2D eigenvalue weighted by Crippen LogP contribution is -2.38. The van der Waals surface area contributed by atoms with Crippen molar-refractivity contribution in [2.24, 2.45) is 0 Å². The van der Waals surface area contributed by atoms with E-state index in [2.05, 4.69) is 25.2 Å². The van der Waals surface area contributed by atoms with Crippen LogP contribution in [0.15, 0.2) is 4.52 Å². The highest BCUT2D eigenvalue weighted by Crippen LogP contribution is 2.22. The molecule has 1 saturated heterocycles. The van der Waals surface area contributed by atoms with E-state index in [1.807, 2.05) is 20.8 Å². The highest BCUT2D eigenvalue weighted by atomic mass is 16.5.